The summed E-state index contributed by atoms with van der Waals surface area (Å²) in [6.45, 7) is 2.55. The van der Waals surface area contributed by atoms with Crippen molar-refractivity contribution in [3.8, 4) is 11.5 Å². The number of hydrogen-bond acceptors (Lipinski definition) is 6. The van der Waals surface area contributed by atoms with Gasteiger partial charge in [0.15, 0.2) is 0 Å². The summed E-state index contributed by atoms with van der Waals surface area (Å²) in [4.78, 5) is 30.1. The van der Waals surface area contributed by atoms with Gasteiger partial charge < -0.3 is 19.1 Å². The lowest BCUT2D eigenvalue weighted by atomic mass is 10.0. The summed E-state index contributed by atoms with van der Waals surface area (Å²) in [5.74, 6) is 0.969. The fourth-order valence-electron chi connectivity index (χ4n) is 3.90. The third-order valence-corrected chi connectivity index (χ3v) is 5.63. The molecule has 0 unspecified atom stereocenters. The molecule has 2 aromatic carbocycles. The molecule has 0 saturated carbocycles. The van der Waals surface area contributed by atoms with Gasteiger partial charge in [-0.1, -0.05) is 24.3 Å². The van der Waals surface area contributed by atoms with Crippen LogP contribution in [0.25, 0.3) is 5.57 Å². The Morgan fingerprint density at radius 2 is 1.42 bits per heavy atom. The van der Waals surface area contributed by atoms with Gasteiger partial charge in [0, 0.05) is 19.6 Å². The van der Waals surface area contributed by atoms with Crippen molar-refractivity contribution in [2.24, 2.45) is 0 Å². The van der Waals surface area contributed by atoms with Crippen molar-refractivity contribution in [2.45, 2.75) is 6.42 Å². The van der Waals surface area contributed by atoms with Crippen LogP contribution in [0.4, 0.5) is 0 Å². The van der Waals surface area contributed by atoms with E-state index in [-0.39, 0.29) is 11.8 Å². The number of carbonyl (C=O) groups excluding carboxylic acids is 2. The molecule has 0 bridgehead atoms. The number of morpholine rings is 1. The van der Waals surface area contributed by atoms with E-state index in [0.717, 1.165) is 11.3 Å². The number of nitrogens with zero attached hydrogens (tertiary/aromatic N) is 2. The number of carbonyl (C=O) groups is 2. The fourth-order valence-corrected chi connectivity index (χ4v) is 3.90. The number of amides is 2. The Morgan fingerprint density at radius 1 is 0.839 bits per heavy atom. The Morgan fingerprint density at radius 3 is 2.00 bits per heavy atom. The van der Waals surface area contributed by atoms with Gasteiger partial charge in [-0.15, -0.1) is 0 Å². The summed E-state index contributed by atoms with van der Waals surface area (Å²) in [6.07, 6.45) is 0.577. The van der Waals surface area contributed by atoms with Gasteiger partial charge in [-0.05, 0) is 41.8 Å². The van der Waals surface area contributed by atoms with Crippen molar-refractivity contribution < 1.29 is 23.8 Å². The van der Waals surface area contributed by atoms with Gasteiger partial charge in [-0.25, -0.2) is 0 Å². The zero-order valence-corrected chi connectivity index (χ0v) is 17.8. The van der Waals surface area contributed by atoms with Gasteiger partial charge >= 0.3 is 0 Å². The molecule has 2 heterocycles. The monoisotopic (exact) mass is 422 g/mol. The maximum atomic E-state index is 13.4. The Hall–Kier alpha value is -3.32. The van der Waals surface area contributed by atoms with Crippen molar-refractivity contribution in [1.29, 1.82) is 0 Å². The number of ether oxygens (including phenoxy) is 3. The average Bonchev–Trinajstić information content (AvgIpc) is 3.08. The highest BCUT2D eigenvalue weighted by molar-refractivity contribution is 6.35. The first kappa shape index (κ1) is 20.9. The van der Waals surface area contributed by atoms with Crippen LogP contribution in [0, 0.1) is 0 Å². The van der Waals surface area contributed by atoms with Crippen molar-refractivity contribution in [1.82, 2.24) is 9.80 Å². The van der Waals surface area contributed by atoms with E-state index in [4.69, 9.17) is 14.2 Å². The summed E-state index contributed by atoms with van der Waals surface area (Å²) in [7, 11) is 3.22. The SMILES string of the molecule is COc1ccc(CCN2C(=O)C(c3ccc(OC)cc3)=C(N3CCOCC3)C2=O)cc1. The molecule has 0 aliphatic carbocycles. The smallest absolute Gasteiger partial charge is 0.277 e. The molecule has 0 radical (unpaired) electrons. The molecule has 4 rings (SSSR count). The Balaban J connectivity index is 1.60. The number of hydrogen-bond donors (Lipinski definition) is 0. The molecular weight excluding hydrogens is 396 g/mol. The second-order valence-corrected chi connectivity index (χ2v) is 7.41. The summed E-state index contributed by atoms with van der Waals surface area (Å²) in [6, 6.07) is 14.9. The van der Waals surface area contributed by atoms with E-state index in [1.54, 1.807) is 26.4 Å². The predicted octanol–water partition coefficient (Wildman–Crippen LogP) is 2.36. The standard InChI is InChI=1S/C24H26N2O5/c1-29-19-7-3-17(4-8-19)11-12-26-23(27)21(18-5-9-20(30-2)10-6-18)22(24(26)28)25-13-15-31-16-14-25/h3-10H,11-16H2,1-2H3. The second-order valence-electron chi connectivity index (χ2n) is 7.41. The number of rotatable bonds is 7. The van der Waals surface area contributed by atoms with E-state index in [1.807, 2.05) is 41.3 Å². The number of methoxy groups -OCH3 is 2. The number of benzene rings is 2. The Labute approximate surface area is 181 Å². The maximum Gasteiger partial charge on any atom is 0.277 e. The van der Waals surface area contributed by atoms with Crippen molar-refractivity contribution in [3.63, 3.8) is 0 Å². The van der Waals surface area contributed by atoms with Gasteiger partial charge in [-0.2, -0.15) is 0 Å². The molecule has 0 atom stereocenters. The normalized spacial score (nSPS) is 16.8. The molecule has 2 aromatic rings. The predicted molar refractivity (Wildman–Crippen MR) is 116 cm³/mol. The minimum Gasteiger partial charge on any atom is -0.497 e. The molecule has 7 heteroatoms. The van der Waals surface area contributed by atoms with Gasteiger partial charge in [0.2, 0.25) is 0 Å². The van der Waals surface area contributed by atoms with E-state index in [1.165, 1.54) is 4.90 Å². The van der Waals surface area contributed by atoms with E-state index in [0.29, 0.717) is 61.9 Å². The maximum absolute atomic E-state index is 13.4. The molecule has 0 spiro atoms. The Kier molecular flexibility index (Phi) is 6.23. The van der Waals surface area contributed by atoms with Crippen LogP contribution in [0.1, 0.15) is 11.1 Å². The highest BCUT2D eigenvalue weighted by Gasteiger charge is 2.41. The molecule has 2 amide bonds. The van der Waals surface area contributed by atoms with E-state index in [2.05, 4.69) is 0 Å². The molecule has 1 saturated heterocycles. The lowest BCUT2D eigenvalue weighted by Gasteiger charge is -2.29. The van der Waals surface area contributed by atoms with Crippen molar-refractivity contribution >= 4 is 17.4 Å². The summed E-state index contributed by atoms with van der Waals surface area (Å²) >= 11 is 0. The molecule has 2 aliphatic heterocycles. The average molecular weight is 422 g/mol. The highest BCUT2D eigenvalue weighted by Crippen LogP contribution is 2.33. The molecule has 0 N–H and O–H groups in total. The zero-order chi connectivity index (χ0) is 21.8. The molecule has 1 fully saturated rings. The molecule has 31 heavy (non-hydrogen) atoms. The molecule has 7 nitrogen and oxygen atoms in total. The van der Waals surface area contributed by atoms with E-state index in [9.17, 15) is 9.59 Å². The third kappa shape index (κ3) is 4.27. The van der Waals surface area contributed by atoms with Crippen molar-refractivity contribution in [2.75, 3.05) is 47.1 Å². The molecular formula is C24H26N2O5. The first-order chi connectivity index (χ1) is 15.1. The van der Waals surface area contributed by atoms with Crippen LogP contribution in [-0.4, -0.2) is 68.7 Å². The minimum absolute atomic E-state index is 0.244. The topological polar surface area (TPSA) is 68.3 Å². The summed E-state index contributed by atoms with van der Waals surface area (Å²) < 4.78 is 15.9. The molecule has 2 aliphatic rings. The third-order valence-electron chi connectivity index (χ3n) is 5.63. The van der Waals surface area contributed by atoms with Crippen LogP contribution in [0.2, 0.25) is 0 Å². The Bertz CT molecular complexity index is 976. The summed E-state index contributed by atoms with van der Waals surface area (Å²) in [5, 5.41) is 0. The largest absolute Gasteiger partial charge is 0.497 e. The van der Waals surface area contributed by atoms with Crippen LogP contribution in [0.5, 0.6) is 11.5 Å². The lowest BCUT2D eigenvalue weighted by molar-refractivity contribution is -0.137. The van der Waals surface area contributed by atoms with Crippen molar-refractivity contribution in [3.05, 3.63) is 65.4 Å². The zero-order valence-electron chi connectivity index (χ0n) is 17.8. The first-order valence-electron chi connectivity index (χ1n) is 10.3. The van der Waals surface area contributed by atoms with Crippen LogP contribution in [0.3, 0.4) is 0 Å². The van der Waals surface area contributed by atoms with Gasteiger partial charge in [0.1, 0.15) is 17.2 Å². The van der Waals surface area contributed by atoms with Crippen LogP contribution in [-0.2, 0) is 20.7 Å². The minimum atomic E-state index is -0.259. The van der Waals surface area contributed by atoms with Crippen LogP contribution in [0.15, 0.2) is 54.2 Å². The first-order valence-corrected chi connectivity index (χ1v) is 10.3. The quantitative estimate of drug-likeness (QED) is 0.638. The highest BCUT2D eigenvalue weighted by atomic mass is 16.5. The van der Waals surface area contributed by atoms with Crippen LogP contribution >= 0.6 is 0 Å². The van der Waals surface area contributed by atoms with Crippen LogP contribution < -0.4 is 9.47 Å². The summed E-state index contributed by atoms with van der Waals surface area (Å²) in [5.41, 5.74) is 2.66. The molecule has 0 aromatic heterocycles. The van der Waals surface area contributed by atoms with E-state index < -0.39 is 0 Å². The number of imide groups is 1. The van der Waals surface area contributed by atoms with Gasteiger partial charge in [0.25, 0.3) is 11.8 Å². The fraction of sp³-hybridized carbons (Fsp3) is 0.333. The molecule has 162 valence electrons. The second kappa shape index (κ2) is 9.22. The van der Waals surface area contributed by atoms with Gasteiger partial charge in [0.05, 0.1) is 33.0 Å². The van der Waals surface area contributed by atoms with E-state index >= 15 is 0 Å². The van der Waals surface area contributed by atoms with Gasteiger partial charge in [-0.3, -0.25) is 14.5 Å². The lowest BCUT2D eigenvalue weighted by Crippen LogP contribution is -2.40.